The first kappa shape index (κ1) is 14.6. The van der Waals surface area contributed by atoms with Gasteiger partial charge < -0.3 is 14.6 Å². The average molecular weight is 321 g/mol. The van der Waals surface area contributed by atoms with Gasteiger partial charge in [0.1, 0.15) is 6.10 Å². The number of hydrogen-bond donors (Lipinski definition) is 1. The van der Waals surface area contributed by atoms with Gasteiger partial charge in [-0.3, -0.25) is 14.5 Å². The number of carbonyl (C=O) groups is 2. The topological polar surface area (TPSA) is 80.6 Å². The van der Waals surface area contributed by atoms with Gasteiger partial charge in [-0.15, -0.1) is 0 Å². The fraction of sp³-hybridized carbons (Fsp3) is 0.357. The minimum atomic E-state index is -0.446. The maximum atomic E-state index is 12.0. The van der Waals surface area contributed by atoms with E-state index in [-0.39, 0.29) is 16.9 Å². The highest BCUT2D eigenvalue weighted by atomic mass is 32.1. The van der Waals surface area contributed by atoms with Crippen molar-refractivity contribution in [2.45, 2.75) is 13.0 Å². The Morgan fingerprint density at radius 1 is 1.45 bits per heavy atom. The number of cyclic esters (lactones) is 1. The van der Waals surface area contributed by atoms with Crippen LogP contribution in [-0.2, 0) is 16.6 Å². The van der Waals surface area contributed by atoms with Crippen LogP contribution in [-0.4, -0.2) is 35.8 Å². The molecular formula is C14H15N3O4S. The van der Waals surface area contributed by atoms with Crippen molar-refractivity contribution in [1.29, 1.82) is 0 Å². The van der Waals surface area contributed by atoms with Crippen LogP contribution in [0.25, 0.3) is 10.2 Å². The van der Waals surface area contributed by atoms with Crippen molar-refractivity contribution >= 4 is 39.2 Å². The van der Waals surface area contributed by atoms with Crippen LogP contribution in [0.1, 0.15) is 6.92 Å². The number of aromatic nitrogens is 1. The number of carbonyl (C=O) groups excluding carboxylic acids is 2. The Morgan fingerprint density at radius 2 is 2.23 bits per heavy atom. The molecule has 0 aliphatic carbocycles. The summed E-state index contributed by atoms with van der Waals surface area (Å²) >= 11 is 1.14. The fourth-order valence-corrected chi connectivity index (χ4v) is 3.30. The van der Waals surface area contributed by atoms with Gasteiger partial charge in [-0.25, -0.2) is 4.79 Å². The molecule has 1 aromatic heterocycles. The van der Waals surface area contributed by atoms with E-state index in [1.165, 1.54) is 11.8 Å². The second-order valence-corrected chi connectivity index (χ2v) is 6.13. The second kappa shape index (κ2) is 5.45. The summed E-state index contributed by atoms with van der Waals surface area (Å²) in [6.45, 7) is 2.07. The average Bonchev–Trinajstić information content (AvgIpc) is 2.97. The highest BCUT2D eigenvalue weighted by Gasteiger charge is 2.32. The van der Waals surface area contributed by atoms with Crippen LogP contribution >= 0.6 is 11.3 Å². The number of benzene rings is 1. The predicted molar refractivity (Wildman–Crippen MR) is 83.4 cm³/mol. The Morgan fingerprint density at radius 3 is 2.95 bits per heavy atom. The second-order valence-electron chi connectivity index (χ2n) is 5.13. The number of fused-ring (bicyclic) bond motifs is 1. The van der Waals surface area contributed by atoms with E-state index in [0.717, 1.165) is 21.6 Å². The lowest BCUT2D eigenvalue weighted by atomic mass is 10.2. The van der Waals surface area contributed by atoms with Gasteiger partial charge in [-0.05, 0) is 18.2 Å². The van der Waals surface area contributed by atoms with E-state index in [1.807, 2.05) is 12.1 Å². The summed E-state index contributed by atoms with van der Waals surface area (Å²) in [5.41, 5.74) is 1.52. The van der Waals surface area contributed by atoms with Crippen molar-refractivity contribution in [3.63, 3.8) is 0 Å². The summed E-state index contributed by atoms with van der Waals surface area (Å²) in [5, 5.41) is 2.64. The van der Waals surface area contributed by atoms with Crippen molar-refractivity contribution in [2.24, 2.45) is 7.05 Å². The molecule has 2 heterocycles. The number of hydrogen-bond acceptors (Lipinski definition) is 5. The minimum absolute atomic E-state index is 0.0420. The summed E-state index contributed by atoms with van der Waals surface area (Å²) < 4.78 is 7.63. The van der Waals surface area contributed by atoms with Gasteiger partial charge in [-0.1, -0.05) is 11.3 Å². The molecule has 3 rings (SSSR count). The molecule has 1 aliphatic rings. The molecule has 0 saturated carbocycles. The number of nitrogens with one attached hydrogen (secondary N) is 1. The first-order chi connectivity index (χ1) is 10.5. The summed E-state index contributed by atoms with van der Waals surface area (Å²) in [6, 6.07) is 5.41. The molecule has 1 unspecified atom stereocenters. The maximum Gasteiger partial charge on any atom is 0.414 e. The van der Waals surface area contributed by atoms with E-state index in [4.69, 9.17) is 4.74 Å². The highest BCUT2D eigenvalue weighted by molar-refractivity contribution is 7.16. The van der Waals surface area contributed by atoms with Gasteiger partial charge in [0.15, 0.2) is 0 Å². The Bertz CT molecular complexity index is 810. The van der Waals surface area contributed by atoms with Gasteiger partial charge in [-0.2, -0.15) is 0 Å². The number of anilines is 1. The summed E-state index contributed by atoms with van der Waals surface area (Å²) in [4.78, 5) is 36.0. The predicted octanol–water partition coefficient (Wildman–Crippen LogP) is 1.06. The molecule has 8 heteroatoms. The molecule has 1 aromatic carbocycles. The highest BCUT2D eigenvalue weighted by Crippen LogP contribution is 2.27. The number of ether oxygens (including phenoxy) is 1. The van der Waals surface area contributed by atoms with E-state index in [1.54, 1.807) is 17.7 Å². The van der Waals surface area contributed by atoms with E-state index < -0.39 is 6.09 Å². The number of rotatable bonds is 3. The maximum absolute atomic E-state index is 12.0. The smallest absolute Gasteiger partial charge is 0.414 e. The van der Waals surface area contributed by atoms with Crippen LogP contribution in [0.2, 0.25) is 0 Å². The lowest BCUT2D eigenvalue weighted by Gasteiger charge is -2.13. The molecule has 2 aromatic rings. The van der Waals surface area contributed by atoms with Gasteiger partial charge >= 0.3 is 11.0 Å². The molecule has 1 N–H and O–H groups in total. The fourth-order valence-electron chi connectivity index (χ4n) is 2.39. The molecule has 22 heavy (non-hydrogen) atoms. The first-order valence-corrected chi connectivity index (χ1v) is 7.59. The Balaban J connectivity index is 1.83. The molecule has 1 fully saturated rings. The van der Waals surface area contributed by atoms with Crippen molar-refractivity contribution in [3.8, 4) is 0 Å². The molecule has 116 valence electrons. The largest absolute Gasteiger partial charge is 0.442 e. The number of nitrogens with zero attached hydrogens (tertiary/aromatic N) is 2. The molecular weight excluding hydrogens is 306 g/mol. The van der Waals surface area contributed by atoms with Crippen molar-refractivity contribution in [1.82, 2.24) is 9.88 Å². The summed E-state index contributed by atoms with van der Waals surface area (Å²) in [5.74, 6) is -0.162. The van der Waals surface area contributed by atoms with Gasteiger partial charge in [0.05, 0.1) is 23.3 Å². The molecule has 1 aliphatic heterocycles. The zero-order valence-electron chi connectivity index (χ0n) is 12.2. The van der Waals surface area contributed by atoms with Gasteiger partial charge in [0.25, 0.3) is 0 Å². The van der Waals surface area contributed by atoms with Crippen LogP contribution in [0.3, 0.4) is 0 Å². The third kappa shape index (κ3) is 2.57. The number of amides is 2. The quantitative estimate of drug-likeness (QED) is 0.916. The van der Waals surface area contributed by atoms with E-state index in [2.05, 4.69) is 5.32 Å². The monoisotopic (exact) mass is 321 g/mol. The third-order valence-corrected chi connectivity index (χ3v) is 4.54. The molecule has 1 saturated heterocycles. The standard InChI is InChI=1S/C14H15N3O4S/c1-8(18)15-6-10-7-17(13(19)21-10)9-3-4-11-12(5-9)22-14(20)16(11)2/h3-5,10H,6-7H2,1-2H3,(H,15,18). The van der Waals surface area contributed by atoms with Crippen molar-refractivity contribution < 1.29 is 14.3 Å². The third-order valence-electron chi connectivity index (χ3n) is 3.54. The lowest BCUT2D eigenvalue weighted by Crippen LogP contribution is -2.33. The van der Waals surface area contributed by atoms with Crippen LogP contribution in [0.4, 0.5) is 10.5 Å². The number of thiazole rings is 1. The van der Waals surface area contributed by atoms with Gasteiger partial charge in [0.2, 0.25) is 5.91 Å². The van der Waals surface area contributed by atoms with E-state index in [0.29, 0.717) is 18.8 Å². The van der Waals surface area contributed by atoms with Crippen LogP contribution in [0.15, 0.2) is 23.0 Å². The zero-order chi connectivity index (χ0) is 15.9. The Kier molecular flexibility index (Phi) is 3.61. The first-order valence-electron chi connectivity index (χ1n) is 6.78. The molecule has 0 bridgehead atoms. The Hall–Kier alpha value is -2.35. The zero-order valence-corrected chi connectivity index (χ0v) is 13.0. The van der Waals surface area contributed by atoms with Crippen LogP contribution in [0.5, 0.6) is 0 Å². The van der Waals surface area contributed by atoms with Crippen LogP contribution in [0, 0.1) is 0 Å². The van der Waals surface area contributed by atoms with Crippen LogP contribution < -0.4 is 15.1 Å². The minimum Gasteiger partial charge on any atom is -0.442 e. The van der Waals surface area contributed by atoms with E-state index >= 15 is 0 Å². The van der Waals surface area contributed by atoms with Crippen molar-refractivity contribution in [3.05, 3.63) is 27.9 Å². The number of aryl methyl sites for hydroxylation is 1. The molecule has 7 nitrogen and oxygen atoms in total. The lowest BCUT2D eigenvalue weighted by molar-refractivity contribution is -0.119. The molecule has 0 spiro atoms. The SMILES string of the molecule is CC(=O)NCC1CN(c2ccc3c(c2)sc(=O)n3C)C(=O)O1. The molecule has 1 atom stereocenters. The summed E-state index contributed by atoms with van der Waals surface area (Å²) in [6.07, 6.45) is -0.820. The normalized spacial score (nSPS) is 17.8. The van der Waals surface area contributed by atoms with Gasteiger partial charge in [0, 0.05) is 19.7 Å². The molecule has 0 radical (unpaired) electrons. The summed E-state index contributed by atoms with van der Waals surface area (Å²) in [7, 11) is 1.72. The molecule has 2 amide bonds. The van der Waals surface area contributed by atoms with E-state index in [9.17, 15) is 14.4 Å². The van der Waals surface area contributed by atoms with Crippen molar-refractivity contribution in [2.75, 3.05) is 18.0 Å². The Labute approximate surface area is 130 Å².